The van der Waals surface area contributed by atoms with E-state index in [4.69, 9.17) is 9.47 Å². The largest absolute Gasteiger partial charge is 0.469 e. The second kappa shape index (κ2) is 9.08. The van der Waals surface area contributed by atoms with Crippen LogP contribution >= 0.6 is 0 Å². The Kier molecular flexibility index (Phi) is 6.71. The van der Waals surface area contributed by atoms with E-state index in [9.17, 15) is 28.2 Å². The minimum Gasteiger partial charge on any atom is -0.469 e. The van der Waals surface area contributed by atoms with Gasteiger partial charge in [0.25, 0.3) is 0 Å². The lowest BCUT2D eigenvalue weighted by Crippen LogP contribution is -2.57. The second-order valence-corrected chi connectivity index (χ2v) is 6.69. The highest BCUT2D eigenvalue weighted by Crippen LogP contribution is 2.34. The lowest BCUT2D eigenvalue weighted by molar-refractivity contribution is -0.216. The van der Waals surface area contributed by atoms with Crippen LogP contribution in [-0.2, 0) is 19.0 Å². The minimum absolute atomic E-state index is 0.00594. The number of nitrogens with zero attached hydrogens (tertiary/aromatic N) is 3. The summed E-state index contributed by atoms with van der Waals surface area (Å²) in [5.41, 5.74) is -0.0654. The van der Waals surface area contributed by atoms with Crippen LogP contribution in [0.15, 0.2) is 18.3 Å². The maximum Gasteiger partial charge on any atom is 0.308 e. The Bertz CT molecular complexity index is 888. The normalized spacial score (nSPS) is 26.6. The monoisotopic (exact) mass is 431 g/mol. The molecule has 30 heavy (non-hydrogen) atoms. The number of hydrogen-bond acceptors (Lipinski definition) is 8. The zero-order valence-corrected chi connectivity index (χ0v) is 16.0. The van der Waals surface area contributed by atoms with Crippen molar-refractivity contribution in [1.29, 1.82) is 0 Å². The first-order valence-electron chi connectivity index (χ1n) is 8.91. The fraction of sp³-hybridized carbons (Fsp3) is 0.500. The summed E-state index contributed by atoms with van der Waals surface area (Å²) in [5, 5.41) is 27.9. The number of esters is 1. The maximum absolute atomic E-state index is 13.6. The van der Waals surface area contributed by atoms with Gasteiger partial charge in [-0.1, -0.05) is 5.21 Å². The fourth-order valence-corrected chi connectivity index (χ4v) is 3.44. The van der Waals surface area contributed by atoms with Crippen molar-refractivity contribution in [2.45, 2.75) is 36.9 Å². The van der Waals surface area contributed by atoms with Gasteiger partial charge < -0.3 is 24.4 Å². The molecule has 3 rings (SSSR count). The Balaban J connectivity index is 1.96. The van der Waals surface area contributed by atoms with Gasteiger partial charge in [-0.25, -0.2) is 17.9 Å². The number of hydrogen-bond donors (Lipinski definition) is 2. The van der Waals surface area contributed by atoms with Gasteiger partial charge in [0.1, 0.15) is 30.0 Å². The van der Waals surface area contributed by atoms with E-state index in [1.807, 2.05) is 0 Å². The first kappa shape index (κ1) is 22.2. The van der Waals surface area contributed by atoms with Crippen molar-refractivity contribution in [3.8, 4) is 11.3 Å². The van der Waals surface area contributed by atoms with Crippen molar-refractivity contribution in [2.75, 3.05) is 20.8 Å². The van der Waals surface area contributed by atoms with Crippen LogP contribution in [0.3, 0.4) is 0 Å². The summed E-state index contributed by atoms with van der Waals surface area (Å²) >= 11 is 0. The van der Waals surface area contributed by atoms with Crippen LogP contribution < -0.4 is 0 Å². The van der Waals surface area contributed by atoms with E-state index in [0.717, 1.165) is 12.1 Å². The number of aliphatic hydroxyl groups is 2. The molecule has 2 N–H and O–H groups in total. The molecule has 2 aromatic rings. The average Bonchev–Trinajstić information content (AvgIpc) is 3.21. The summed E-state index contributed by atoms with van der Waals surface area (Å²) in [6.07, 6.45) is -3.11. The molecular formula is C18H20F3N3O6. The van der Waals surface area contributed by atoms with Gasteiger partial charge in [-0.2, -0.15) is 0 Å². The van der Waals surface area contributed by atoms with Crippen LogP contribution in [0.2, 0.25) is 0 Å². The summed E-state index contributed by atoms with van der Waals surface area (Å²) in [7, 11) is 2.54. The standard InChI is InChI=1S/C18H20F3N3O6/c1-28-14(26)5-12-18(29-2)16(17(27)13(7-25)30-12)24-6-11(22-23-24)8-3-9(19)15(21)10(20)4-8/h3-4,6,12-13,16-18,25,27H,5,7H2,1-2H3. The number of rotatable bonds is 6. The van der Waals surface area contributed by atoms with Crippen LogP contribution in [0, 0.1) is 17.5 Å². The van der Waals surface area contributed by atoms with Crippen molar-refractivity contribution in [2.24, 2.45) is 0 Å². The summed E-state index contributed by atoms with van der Waals surface area (Å²) in [4.78, 5) is 11.7. The first-order valence-corrected chi connectivity index (χ1v) is 8.91. The summed E-state index contributed by atoms with van der Waals surface area (Å²) in [5.74, 6) is -4.98. The first-order chi connectivity index (χ1) is 14.3. The Labute approximate surface area is 169 Å². The van der Waals surface area contributed by atoms with E-state index in [-0.39, 0.29) is 17.7 Å². The molecule has 0 aliphatic carbocycles. The third-order valence-corrected chi connectivity index (χ3v) is 4.93. The van der Waals surface area contributed by atoms with Gasteiger partial charge in [0.2, 0.25) is 0 Å². The van der Waals surface area contributed by atoms with Crippen molar-refractivity contribution >= 4 is 5.97 Å². The fourth-order valence-electron chi connectivity index (χ4n) is 3.44. The summed E-state index contributed by atoms with van der Waals surface area (Å²) < 4.78 is 57.1. The number of aliphatic hydroxyl groups excluding tert-OH is 2. The van der Waals surface area contributed by atoms with Crippen LogP contribution in [0.25, 0.3) is 11.3 Å². The van der Waals surface area contributed by atoms with Crippen LogP contribution in [0.1, 0.15) is 12.5 Å². The molecule has 12 heteroatoms. The van der Waals surface area contributed by atoms with E-state index in [1.54, 1.807) is 0 Å². The molecular weight excluding hydrogens is 411 g/mol. The summed E-state index contributed by atoms with van der Waals surface area (Å²) in [6, 6.07) is 0.557. The molecule has 164 valence electrons. The quantitative estimate of drug-likeness (QED) is 0.505. The Hall–Kier alpha value is -2.54. The number of methoxy groups -OCH3 is 2. The maximum atomic E-state index is 13.6. The van der Waals surface area contributed by atoms with Gasteiger partial charge in [-0.05, 0) is 12.1 Å². The molecule has 0 saturated carbocycles. The van der Waals surface area contributed by atoms with Gasteiger partial charge in [0.15, 0.2) is 17.5 Å². The molecule has 1 aliphatic heterocycles. The topological polar surface area (TPSA) is 116 Å². The van der Waals surface area contributed by atoms with E-state index in [0.29, 0.717) is 0 Å². The molecule has 5 unspecified atom stereocenters. The predicted molar refractivity (Wildman–Crippen MR) is 93.6 cm³/mol. The molecule has 0 amide bonds. The molecule has 1 aliphatic rings. The van der Waals surface area contributed by atoms with Crippen LogP contribution in [0.4, 0.5) is 13.2 Å². The molecule has 0 bridgehead atoms. The Morgan fingerprint density at radius 3 is 2.47 bits per heavy atom. The number of halogens is 3. The molecule has 1 aromatic carbocycles. The highest BCUT2D eigenvalue weighted by molar-refractivity contribution is 5.69. The smallest absolute Gasteiger partial charge is 0.308 e. The van der Waals surface area contributed by atoms with Gasteiger partial charge in [-0.15, -0.1) is 5.10 Å². The van der Waals surface area contributed by atoms with Gasteiger partial charge in [0, 0.05) is 12.7 Å². The SMILES string of the molecule is COC(=O)CC1OC(CO)C(O)C(n2cc(-c3cc(F)c(F)c(F)c3)nn2)C1OC. The molecule has 9 nitrogen and oxygen atoms in total. The number of aromatic nitrogens is 3. The molecule has 5 atom stereocenters. The molecule has 1 aromatic heterocycles. The Morgan fingerprint density at radius 2 is 1.90 bits per heavy atom. The zero-order chi connectivity index (χ0) is 22.0. The Morgan fingerprint density at radius 1 is 1.23 bits per heavy atom. The van der Waals surface area contributed by atoms with Crippen molar-refractivity contribution < 1.29 is 42.4 Å². The molecule has 2 heterocycles. The summed E-state index contributed by atoms with van der Waals surface area (Å²) in [6.45, 7) is -0.554. The number of carbonyl (C=O) groups is 1. The van der Waals surface area contributed by atoms with Crippen LogP contribution in [-0.4, -0.2) is 76.4 Å². The lowest BCUT2D eigenvalue weighted by Gasteiger charge is -2.43. The van der Waals surface area contributed by atoms with Gasteiger partial charge >= 0.3 is 5.97 Å². The van der Waals surface area contributed by atoms with E-state index in [1.165, 1.54) is 25.1 Å². The lowest BCUT2D eigenvalue weighted by atomic mass is 9.91. The van der Waals surface area contributed by atoms with Crippen molar-refractivity contribution in [1.82, 2.24) is 15.0 Å². The minimum atomic E-state index is -1.61. The molecule has 0 spiro atoms. The van der Waals surface area contributed by atoms with Gasteiger partial charge in [0.05, 0.1) is 32.4 Å². The molecule has 1 saturated heterocycles. The van der Waals surface area contributed by atoms with Crippen LogP contribution in [0.5, 0.6) is 0 Å². The number of benzene rings is 1. The van der Waals surface area contributed by atoms with E-state index >= 15 is 0 Å². The average molecular weight is 431 g/mol. The zero-order valence-electron chi connectivity index (χ0n) is 16.0. The van der Waals surface area contributed by atoms with E-state index in [2.05, 4.69) is 15.0 Å². The van der Waals surface area contributed by atoms with Gasteiger partial charge in [-0.3, -0.25) is 4.79 Å². The van der Waals surface area contributed by atoms with Crippen molar-refractivity contribution in [3.05, 3.63) is 35.8 Å². The third kappa shape index (κ3) is 4.17. The highest BCUT2D eigenvalue weighted by Gasteiger charge is 2.47. The third-order valence-electron chi connectivity index (χ3n) is 4.93. The van der Waals surface area contributed by atoms with Crippen molar-refractivity contribution in [3.63, 3.8) is 0 Å². The predicted octanol–water partition coefficient (Wildman–Crippen LogP) is 0.602. The van der Waals surface area contributed by atoms with E-state index < -0.39 is 60.5 Å². The molecule has 0 radical (unpaired) electrons. The highest BCUT2D eigenvalue weighted by atomic mass is 19.2. The number of carbonyl (C=O) groups excluding carboxylic acids is 1. The second-order valence-electron chi connectivity index (χ2n) is 6.69. The molecule has 1 fully saturated rings. The number of ether oxygens (including phenoxy) is 3.